The lowest BCUT2D eigenvalue weighted by atomic mass is 9.80. The summed E-state index contributed by atoms with van der Waals surface area (Å²) >= 11 is 0. The lowest BCUT2D eigenvalue weighted by Gasteiger charge is -2.23. The topological polar surface area (TPSA) is 0 Å². The lowest BCUT2D eigenvalue weighted by Crippen LogP contribution is -1.98. The highest BCUT2D eigenvalue weighted by atomic mass is 14.3. The minimum absolute atomic E-state index is 1.45. The molecule has 0 spiro atoms. The molecule has 0 saturated carbocycles. The second kappa shape index (κ2) is 7.65. The SMILES string of the molecule is Cc1c(C)c(C)c2c(c1C)c1c(C)c(C)c3c(C)c4c5c(C)c(C)c(C)c(C)c5c5c(C)c(C)c6c(C)c2c1c3c6c54. The van der Waals surface area contributed by atoms with Gasteiger partial charge < -0.3 is 0 Å². The Morgan fingerprint density at radius 2 is 0.262 bits per heavy atom. The average molecular weight is 547 g/mol. The highest BCUT2D eigenvalue weighted by molar-refractivity contribution is 6.49. The molecule has 8 aromatic carbocycles. The van der Waals surface area contributed by atoms with Gasteiger partial charge in [0, 0.05) is 0 Å². The number of aryl methyl sites for hydroxylation is 10. The first kappa shape index (κ1) is 26.0. The summed E-state index contributed by atoms with van der Waals surface area (Å²) in [7, 11) is 0. The molecule has 0 saturated heterocycles. The molecule has 0 aliphatic rings. The Hall–Kier alpha value is -3.64. The van der Waals surface area contributed by atoms with Crippen LogP contribution < -0.4 is 0 Å². The molecule has 0 N–H and O–H groups in total. The molecule has 0 bridgehead atoms. The van der Waals surface area contributed by atoms with Crippen molar-refractivity contribution in [3.05, 3.63) is 77.9 Å². The Kier molecular flexibility index (Phi) is 4.74. The van der Waals surface area contributed by atoms with Crippen LogP contribution in [0.4, 0.5) is 0 Å². The summed E-state index contributed by atoms with van der Waals surface area (Å²) in [5.74, 6) is 0. The predicted octanol–water partition coefficient (Wildman–Crippen LogP) is 12.4. The van der Waals surface area contributed by atoms with Crippen molar-refractivity contribution in [3.8, 4) is 0 Å². The van der Waals surface area contributed by atoms with E-state index in [0.29, 0.717) is 0 Å². The fourth-order valence-corrected chi connectivity index (χ4v) is 9.69. The first-order chi connectivity index (χ1) is 19.7. The molecular formula is C42H42. The molecule has 0 heterocycles. The second-order valence-corrected chi connectivity index (χ2v) is 14.0. The van der Waals surface area contributed by atoms with Crippen molar-refractivity contribution in [3.63, 3.8) is 0 Å². The first-order valence-corrected chi connectivity index (χ1v) is 15.8. The summed E-state index contributed by atoms with van der Waals surface area (Å²) in [5, 5.41) is 21.1. The van der Waals surface area contributed by atoms with Gasteiger partial charge in [-0.1, -0.05) is 0 Å². The molecule has 210 valence electrons. The van der Waals surface area contributed by atoms with E-state index in [9.17, 15) is 0 Å². The summed E-state index contributed by atoms with van der Waals surface area (Å²) < 4.78 is 0. The van der Waals surface area contributed by atoms with Crippen molar-refractivity contribution in [2.75, 3.05) is 0 Å². The van der Waals surface area contributed by atoms with E-state index in [1.807, 2.05) is 0 Å². The predicted molar refractivity (Wildman–Crippen MR) is 189 cm³/mol. The monoisotopic (exact) mass is 546 g/mol. The van der Waals surface area contributed by atoms with Crippen LogP contribution in [0.25, 0.3) is 75.4 Å². The number of hydrogen-bond acceptors (Lipinski definition) is 0. The van der Waals surface area contributed by atoms with E-state index in [0.717, 1.165) is 0 Å². The minimum atomic E-state index is 1.45. The number of fused-ring (bicyclic) bond motifs is 6. The smallest absolute Gasteiger partial charge is 0.000780 e. The van der Waals surface area contributed by atoms with Gasteiger partial charge in [0.15, 0.2) is 0 Å². The molecule has 0 aliphatic heterocycles. The first-order valence-electron chi connectivity index (χ1n) is 15.8. The summed E-state index contributed by atoms with van der Waals surface area (Å²) in [5.41, 5.74) is 20.4. The number of benzene rings is 6. The Balaban J connectivity index is 1.90. The van der Waals surface area contributed by atoms with Gasteiger partial charge in [-0.25, -0.2) is 0 Å². The molecule has 8 rings (SSSR count). The summed E-state index contributed by atoms with van der Waals surface area (Å²) in [6.45, 7) is 33.2. The maximum atomic E-state index is 2.43. The zero-order chi connectivity index (χ0) is 30.2. The van der Waals surface area contributed by atoms with Crippen LogP contribution in [0.2, 0.25) is 0 Å². The van der Waals surface area contributed by atoms with Gasteiger partial charge in [0.2, 0.25) is 0 Å². The summed E-state index contributed by atoms with van der Waals surface area (Å²) in [6, 6.07) is 0. The van der Waals surface area contributed by atoms with Gasteiger partial charge in [-0.2, -0.15) is 0 Å². The van der Waals surface area contributed by atoms with Crippen LogP contribution in [0.5, 0.6) is 0 Å². The molecule has 0 radical (unpaired) electrons. The van der Waals surface area contributed by atoms with Crippen molar-refractivity contribution >= 4 is 75.4 Å². The van der Waals surface area contributed by atoms with Crippen molar-refractivity contribution in [1.29, 1.82) is 0 Å². The average Bonchev–Trinajstić information content (AvgIpc) is 3.51. The Morgan fingerprint density at radius 3 is 0.524 bits per heavy atom. The molecule has 0 aliphatic carbocycles. The molecule has 0 heteroatoms. The molecule has 0 atom stereocenters. The second-order valence-electron chi connectivity index (χ2n) is 14.0. The molecule has 0 aromatic heterocycles. The summed E-state index contributed by atoms with van der Waals surface area (Å²) in [6.07, 6.45) is 0. The van der Waals surface area contributed by atoms with Crippen LogP contribution in [0, 0.1) is 96.9 Å². The van der Waals surface area contributed by atoms with Crippen molar-refractivity contribution in [2.45, 2.75) is 96.9 Å². The van der Waals surface area contributed by atoms with Crippen LogP contribution in [0.3, 0.4) is 0 Å². The fraction of sp³-hybridized carbons (Fsp3) is 0.333. The van der Waals surface area contributed by atoms with E-state index in [1.165, 1.54) is 153 Å². The van der Waals surface area contributed by atoms with Gasteiger partial charge in [0.1, 0.15) is 0 Å². The normalized spacial score (nSPS) is 13.0. The molecule has 0 unspecified atom stereocenters. The number of rotatable bonds is 0. The van der Waals surface area contributed by atoms with Gasteiger partial charge >= 0.3 is 0 Å². The van der Waals surface area contributed by atoms with Crippen LogP contribution in [-0.2, 0) is 0 Å². The minimum Gasteiger partial charge on any atom is -0.0443 e. The maximum Gasteiger partial charge on any atom is -0.000780 e. The Labute approximate surface area is 249 Å². The van der Waals surface area contributed by atoms with E-state index >= 15 is 0 Å². The zero-order valence-corrected chi connectivity index (χ0v) is 28.0. The number of hydrogen-bond donors (Lipinski definition) is 0. The maximum absolute atomic E-state index is 2.43. The van der Waals surface area contributed by atoms with Crippen LogP contribution >= 0.6 is 0 Å². The Bertz CT molecular complexity index is 2380. The van der Waals surface area contributed by atoms with E-state index in [1.54, 1.807) is 0 Å². The van der Waals surface area contributed by atoms with Crippen molar-refractivity contribution < 1.29 is 0 Å². The highest BCUT2D eigenvalue weighted by Gasteiger charge is 2.32. The molecule has 8 aromatic rings. The molecule has 0 fully saturated rings. The lowest BCUT2D eigenvalue weighted by molar-refractivity contribution is 1.26. The molecule has 42 heavy (non-hydrogen) atoms. The zero-order valence-electron chi connectivity index (χ0n) is 28.0. The van der Waals surface area contributed by atoms with Gasteiger partial charge in [-0.15, -0.1) is 0 Å². The van der Waals surface area contributed by atoms with E-state index in [2.05, 4.69) is 96.9 Å². The standard InChI is InChI=1S/C42H42/c1-15-17(3)21(7)33-31(19(15)5)35-25(11)23(9)29-28(14)38-34-22(8)18(4)16(2)20(6)32(34)36-26(12)24(10)30-27(13)37(33)41(35)39(29)40(30)42(36)38/h1-14H3. The van der Waals surface area contributed by atoms with E-state index in [4.69, 9.17) is 0 Å². The van der Waals surface area contributed by atoms with Gasteiger partial charge in [-0.05, 0) is 250 Å². The highest BCUT2D eigenvalue weighted by Crippen LogP contribution is 2.57. The van der Waals surface area contributed by atoms with E-state index in [-0.39, 0.29) is 0 Å². The van der Waals surface area contributed by atoms with Gasteiger partial charge in [0.25, 0.3) is 0 Å². The van der Waals surface area contributed by atoms with Gasteiger partial charge in [0.05, 0.1) is 0 Å². The fourth-order valence-electron chi connectivity index (χ4n) is 9.69. The van der Waals surface area contributed by atoms with Crippen LogP contribution in [0.15, 0.2) is 0 Å². The molecule has 0 nitrogen and oxygen atoms in total. The van der Waals surface area contributed by atoms with Crippen LogP contribution in [-0.4, -0.2) is 0 Å². The van der Waals surface area contributed by atoms with Crippen molar-refractivity contribution in [1.82, 2.24) is 0 Å². The molecule has 0 amide bonds. The third-order valence-electron chi connectivity index (χ3n) is 12.8. The quantitative estimate of drug-likeness (QED) is 0.166. The summed E-state index contributed by atoms with van der Waals surface area (Å²) in [4.78, 5) is 0. The largest absolute Gasteiger partial charge is 0.0443 e. The molecular weight excluding hydrogens is 504 g/mol. The van der Waals surface area contributed by atoms with E-state index < -0.39 is 0 Å². The van der Waals surface area contributed by atoms with Crippen LogP contribution in [0.1, 0.15) is 77.9 Å². The van der Waals surface area contributed by atoms with Gasteiger partial charge in [-0.3, -0.25) is 0 Å². The Morgan fingerprint density at radius 1 is 0.119 bits per heavy atom. The van der Waals surface area contributed by atoms with Crippen molar-refractivity contribution in [2.24, 2.45) is 0 Å². The third kappa shape index (κ3) is 2.44. The third-order valence-corrected chi connectivity index (χ3v) is 12.8.